The standard InChI is InChI=1S/C19H19FN4O4S/c1-12-7-8-14(10-15(12)20)21-19(25)13-4-3-9-24(11-13)29(26,27)17-6-2-5-16-18(17)23-28-22-16/h2,5-8,10,13H,3-4,9,11H2,1H3,(H,21,25)/t13-/m1/s1. The smallest absolute Gasteiger partial charge is 0.245 e. The molecule has 0 saturated carbocycles. The lowest BCUT2D eigenvalue weighted by Gasteiger charge is -2.31. The summed E-state index contributed by atoms with van der Waals surface area (Å²) in [5.41, 5.74) is 1.33. The summed E-state index contributed by atoms with van der Waals surface area (Å²) in [5.74, 6) is -1.29. The molecule has 1 aromatic heterocycles. The summed E-state index contributed by atoms with van der Waals surface area (Å²) in [6, 6.07) is 9.07. The Balaban J connectivity index is 1.53. The van der Waals surface area contributed by atoms with E-state index in [1.54, 1.807) is 31.2 Å². The predicted molar refractivity (Wildman–Crippen MR) is 103 cm³/mol. The molecular weight excluding hydrogens is 399 g/mol. The van der Waals surface area contributed by atoms with Gasteiger partial charge in [0.05, 0.1) is 5.92 Å². The number of aromatic nitrogens is 2. The Morgan fingerprint density at radius 2 is 2.10 bits per heavy atom. The van der Waals surface area contributed by atoms with E-state index < -0.39 is 21.8 Å². The minimum atomic E-state index is -3.88. The Bertz CT molecular complexity index is 1180. The fraction of sp³-hybridized carbons (Fsp3) is 0.316. The summed E-state index contributed by atoms with van der Waals surface area (Å²) >= 11 is 0. The van der Waals surface area contributed by atoms with Gasteiger partial charge in [-0.05, 0) is 59.9 Å². The molecule has 0 aliphatic carbocycles. The average Bonchev–Trinajstić information content (AvgIpc) is 3.19. The van der Waals surface area contributed by atoms with Crippen LogP contribution in [0.3, 0.4) is 0 Å². The number of halogens is 1. The molecule has 0 spiro atoms. The van der Waals surface area contributed by atoms with Crippen LogP contribution in [-0.2, 0) is 14.8 Å². The third kappa shape index (κ3) is 3.73. The second kappa shape index (κ2) is 7.53. The predicted octanol–water partition coefficient (Wildman–Crippen LogP) is 2.71. The lowest BCUT2D eigenvalue weighted by molar-refractivity contribution is -0.120. The zero-order chi connectivity index (χ0) is 20.6. The van der Waals surface area contributed by atoms with Gasteiger partial charge in [-0.15, -0.1) is 0 Å². The van der Waals surface area contributed by atoms with Crippen molar-refractivity contribution in [1.82, 2.24) is 14.6 Å². The maximum Gasteiger partial charge on any atom is 0.245 e. The minimum absolute atomic E-state index is 0.00193. The fourth-order valence-electron chi connectivity index (χ4n) is 3.42. The maximum atomic E-state index is 13.7. The number of anilines is 1. The first-order valence-corrected chi connectivity index (χ1v) is 10.6. The number of hydrogen-bond acceptors (Lipinski definition) is 6. The lowest BCUT2D eigenvalue weighted by Crippen LogP contribution is -2.43. The second-order valence-electron chi connectivity index (χ2n) is 7.04. The van der Waals surface area contributed by atoms with E-state index in [1.807, 2.05) is 0 Å². The maximum absolute atomic E-state index is 13.7. The van der Waals surface area contributed by atoms with Crippen molar-refractivity contribution in [2.45, 2.75) is 24.7 Å². The monoisotopic (exact) mass is 418 g/mol. The molecule has 1 saturated heterocycles. The van der Waals surface area contributed by atoms with E-state index in [4.69, 9.17) is 0 Å². The molecule has 1 amide bonds. The topological polar surface area (TPSA) is 105 Å². The van der Waals surface area contributed by atoms with Crippen LogP contribution < -0.4 is 5.32 Å². The van der Waals surface area contributed by atoms with E-state index >= 15 is 0 Å². The van der Waals surface area contributed by atoms with E-state index in [0.29, 0.717) is 36.2 Å². The summed E-state index contributed by atoms with van der Waals surface area (Å²) in [7, 11) is -3.88. The average molecular weight is 418 g/mol. The van der Waals surface area contributed by atoms with Gasteiger partial charge >= 0.3 is 0 Å². The normalized spacial score (nSPS) is 18.1. The number of benzene rings is 2. The van der Waals surface area contributed by atoms with Crippen LogP contribution in [0, 0.1) is 18.7 Å². The molecule has 0 radical (unpaired) electrons. The van der Waals surface area contributed by atoms with Crippen LogP contribution in [0.2, 0.25) is 0 Å². The molecule has 8 nitrogen and oxygen atoms in total. The molecule has 0 bridgehead atoms. The van der Waals surface area contributed by atoms with Crippen molar-refractivity contribution in [3.63, 3.8) is 0 Å². The number of sulfonamides is 1. The van der Waals surface area contributed by atoms with Gasteiger partial charge in [0.25, 0.3) is 0 Å². The van der Waals surface area contributed by atoms with Crippen molar-refractivity contribution in [2.24, 2.45) is 5.92 Å². The molecule has 1 aliphatic rings. The van der Waals surface area contributed by atoms with Crippen LogP contribution in [-0.4, -0.2) is 42.0 Å². The highest BCUT2D eigenvalue weighted by atomic mass is 32.2. The summed E-state index contributed by atoms with van der Waals surface area (Å²) in [6.07, 6.45) is 1.08. The molecule has 152 valence electrons. The van der Waals surface area contributed by atoms with Crippen LogP contribution in [0.5, 0.6) is 0 Å². The highest BCUT2D eigenvalue weighted by molar-refractivity contribution is 7.89. The molecule has 4 rings (SSSR count). The van der Waals surface area contributed by atoms with Crippen LogP contribution >= 0.6 is 0 Å². The van der Waals surface area contributed by atoms with Gasteiger partial charge in [0, 0.05) is 18.8 Å². The van der Waals surface area contributed by atoms with E-state index in [0.717, 1.165) is 0 Å². The number of nitrogens with one attached hydrogen (secondary N) is 1. The van der Waals surface area contributed by atoms with Gasteiger partial charge in [0.1, 0.15) is 16.2 Å². The number of carbonyl (C=O) groups is 1. The van der Waals surface area contributed by atoms with Gasteiger partial charge in [-0.1, -0.05) is 12.1 Å². The summed E-state index contributed by atoms with van der Waals surface area (Å²) in [6.45, 7) is 1.97. The number of fused-ring (bicyclic) bond motifs is 1. The van der Waals surface area contributed by atoms with Crippen molar-refractivity contribution in [2.75, 3.05) is 18.4 Å². The molecule has 3 aromatic rings. The van der Waals surface area contributed by atoms with Crippen molar-refractivity contribution in [1.29, 1.82) is 0 Å². The van der Waals surface area contributed by atoms with Crippen LogP contribution in [0.4, 0.5) is 10.1 Å². The summed E-state index contributed by atoms with van der Waals surface area (Å²) < 4.78 is 45.9. The molecule has 2 aromatic carbocycles. The Labute approximate surface area is 166 Å². The first-order chi connectivity index (χ1) is 13.9. The Kier molecular flexibility index (Phi) is 5.05. The van der Waals surface area contributed by atoms with Gasteiger partial charge in [-0.2, -0.15) is 4.31 Å². The molecule has 0 unspecified atom stereocenters. The molecule has 1 atom stereocenters. The largest absolute Gasteiger partial charge is 0.326 e. The Hall–Kier alpha value is -2.85. The Morgan fingerprint density at radius 3 is 2.90 bits per heavy atom. The van der Waals surface area contributed by atoms with Crippen molar-refractivity contribution in [3.05, 3.63) is 47.8 Å². The highest BCUT2D eigenvalue weighted by Crippen LogP contribution is 2.28. The number of nitrogens with zero attached hydrogens (tertiary/aromatic N) is 3. The molecule has 29 heavy (non-hydrogen) atoms. The second-order valence-corrected chi connectivity index (χ2v) is 8.95. The quantitative estimate of drug-likeness (QED) is 0.698. The molecule has 1 aliphatic heterocycles. The molecule has 2 heterocycles. The van der Waals surface area contributed by atoms with Crippen molar-refractivity contribution >= 4 is 32.7 Å². The van der Waals surface area contributed by atoms with E-state index in [-0.39, 0.29) is 22.9 Å². The van der Waals surface area contributed by atoms with Crippen LogP contribution in [0.1, 0.15) is 18.4 Å². The zero-order valence-corrected chi connectivity index (χ0v) is 16.4. The first kappa shape index (κ1) is 19.5. The minimum Gasteiger partial charge on any atom is -0.326 e. The van der Waals surface area contributed by atoms with Gasteiger partial charge in [0.15, 0.2) is 5.52 Å². The van der Waals surface area contributed by atoms with Gasteiger partial charge in [-0.25, -0.2) is 17.4 Å². The van der Waals surface area contributed by atoms with Gasteiger partial charge in [-0.3, -0.25) is 4.79 Å². The fourth-order valence-corrected chi connectivity index (χ4v) is 5.08. The summed E-state index contributed by atoms with van der Waals surface area (Å²) in [4.78, 5) is 12.6. The zero-order valence-electron chi connectivity index (χ0n) is 15.6. The van der Waals surface area contributed by atoms with E-state index in [2.05, 4.69) is 20.3 Å². The molecular formula is C19H19FN4O4S. The number of hydrogen-bond donors (Lipinski definition) is 1. The van der Waals surface area contributed by atoms with E-state index in [1.165, 1.54) is 16.4 Å². The SMILES string of the molecule is Cc1ccc(NC(=O)[C@@H]2CCCN(S(=O)(=O)c3cccc4nonc34)C2)cc1F. The third-order valence-corrected chi connectivity index (χ3v) is 6.96. The first-order valence-electron chi connectivity index (χ1n) is 9.15. The van der Waals surface area contributed by atoms with Crippen LogP contribution in [0.15, 0.2) is 45.9 Å². The van der Waals surface area contributed by atoms with Crippen LogP contribution in [0.25, 0.3) is 11.0 Å². The number of rotatable bonds is 4. The molecule has 10 heteroatoms. The Morgan fingerprint density at radius 1 is 1.28 bits per heavy atom. The third-order valence-electron chi connectivity index (χ3n) is 5.06. The number of aryl methyl sites for hydroxylation is 1. The number of piperidine rings is 1. The number of amides is 1. The molecule has 1 fully saturated rings. The highest BCUT2D eigenvalue weighted by Gasteiger charge is 2.35. The lowest BCUT2D eigenvalue weighted by atomic mass is 9.98. The van der Waals surface area contributed by atoms with Crippen molar-refractivity contribution in [3.8, 4) is 0 Å². The van der Waals surface area contributed by atoms with Crippen molar-refractivity contribution < 1.29 is 22.2 Å². The summed E-state index contributed by atoms with van der Waals surface area (Å²) in [5, 5.41) is 10.1. The molecule has 1 N–H and O–H groups in total. The van der Waals surface area contributed by atoms with Gasteiger partial charge < -0.3 is 5.32 Å². The van der Waals surface area contributed by atoms with E-state index in [9.17, 15) is 17.6 Å². The van der Waals surface area contributed by atoms with Gasteiger partial charge in [0.2, 0.25) is 15.9 Å². The number of carbonyl (C=O) groups excluding carboxylic acids is 1.